The van der Waals surface area contributed by atoms with Gasteiger partial charge in [-0.3, -0.25) is 0 Å². The second-order valence-electron chi connectivity index (χ2n) is 8.37. The van der Waals surface area contributed by atoms with E-state index < -0.39 is 0 Å². The zero-order valence-corrected chi connectivity index (χ0v) is 18.9. The van der Waals surface area contributed by atoms with Gasteiger partial charge in [-0.1, -0.05) is 78.1 Å². The van der Waals surface area contributed by atoms with E-state index in [9.17, 15) is 0 Å². The predicted octanol–water partition coefficient (Wildman–Crippen LogP) is 6.16. The van der Waals surface area contributed by atoms with E-state index in [1.54, 1.807) is 0 Å². The maximum atomic E-state index is 5.96. The summed E-state index contributed by atoms with van der Waals surface area (Å²) in [6, 6.07) is 0. The molecule has 168 valence electrons. The molecule has 1 aliphatic heterocycles. The maximum absolute atomic E-state index is 5.96. The molecular weight excluding hydrogens is 352 g/mol. The lowest BCUT2D eigenvalue weighted by molar-refractivity contribution is 0.0176. The van der Waals surface area contributed by atoms with Gasteiger partial charge in [0.2, 0.25) is 0 Å². The smallest absolute Gasteiger partial charge is 0.104 e. The van der Waals surface area contributed by atoms with Crippen LogP contribution in [0.4, 0.5) is 0 Å². The van der Waals surface area contributed by atoms with Crippen LogP contribution >= 0.6 is 0 Å². The van der Waals surface area contributed by atoms with Gasteiger partial charge in [0.15, 0.2) is 0 Å². The number of hydrogen-bond donors (Lipinski definition) is 0. The van der Waals surface area contributed by atoms with Crippen molar-refractivity contribution in [2.45, 2.75) is 103 Å². The van der Waals surface area contributed by atoms with Crippen molar-refractivity contribution in [3.8, 4) is 0 Å². The molecule has 0 aromatic carbocycles. The Balaban J connectivity index is 2.02. The van der Waals surface area contributed by atoms with Gasteiger partial charge in [0.05, 0.1) is 26.4 Å². The molecule has 0 spiro atoms. The Kier molecular flexibility index (Phi) is 18.6. The minimum Gasteiger partial charge on any atom is -0.381 e. The Labute approximate surface area is 175 Å². The Hall–Kier alpha value is -0.160. The molecular formula is C24H48O4. The molecule has 1 atom stereocenters. The van der Waals surface area contributed by atoms with Crippen molar-refractivity contribution in [1.82, 2.24) is 0 Å². The zero-order chi connectivity index (χ0) is 20.1. The van der Waals surface area contributed by atoms with Crippen LogP contribution in [0.15, 0.2) is 0 Å². The molecule has 0 radical (unpaired) electrons. The molecule has 0 aromatic heterocycles. The van der Waals surface area contributed by atoms with Gasteiger partial charge in [0, 0.05) is 25.7 Å². The van der Waals surface area contributed by atoms with Gasteiger partial charge in [-0.25, -0.2) is 0 Å². The fourth-order valence-electron chi connectivity index (χ4n) is 3.31. The first-order valence-corrected chi connectivity index (χ1v) is 12.2. The number of epoxide rings is 1. The molecule has 0 aliphatic carbocycles. The van der Waals surface area contributed by atoms with Crippen molar-refractivity contribution in [3.63, 3.8) is 0 Å². The van der Waals surface area contributed by atoms with Crippen LogP contribution in [0.2, 0.25) is 0 Å². The Morgan fingerprint density at radius 3 is 1.68 bits per heavy atom. The standard InChI is InChI=1S/C24H48O4/c1-3-5-7-9-11-13-16-25-19-23(15-18-27-21-24-22-28-24)20-26-17-14-12-10-8-6-4-2/h23-24H,3-22H2,1-2H3. The first-order valence-electron chi connectivity index (χ1n) is 12.2. The summed E-state index contributed by atoms with van der Waals surface area (Å²) >= 11 is 0. The highest BCUT2D eigenvalue weighted by Crippen LogP contribution is 2.12. The molecule has 0 saturated carbocycles. The Morgan fingerprint density at radius 2 is 1.18 bits per heavy atom. The lowest BCUT2D eigenvalue weighted by Crippen LogP contribution is -2.20. The van der Waals surface area contributed by atoms with E-state index >= 15 is 0 Å². The Morgan fingerprint density at radius 1 is 0.679 bits per heavy atom. The molecule has 0 bridgehead atoms. The van der Waals surface area contributed by atoms with E-state index in [-0.39, 0.29) is 0 Å². The van der Waals surface area contributed by atoms with Crippen LogP contribution in [-0.4, -0.2) is 52.4 Å². The summed E-state index contributed by atoms with van der Waals surface area (Å²) in [4.78, 5) is 0. The van der Waals surface area contributed by atoms with Crippen LogP contribution in [0.5, 0.6) is 0 Å². The maximum Gasteiger partial charge on any atom is 0.104 e. The van der Waals surface area contributed by atoms with E-state index in [2.05, 4.69) is 13.8 Å². The third-order valence-electron chi connectivity index (χ3n) is 5.37. The summed E-state index contributed by atoms with van der Waals surface area (Å²) in [6.07, 6.45) is 17.1. The van der Waals surface area contributed by atoms with Crippen molar-refractivity contribution < 1.29 is 18.9 Å². The second-order valence-corrected chi connectivity index (χ2v) is 8.37. The van der Waals surface area contributed by atoms with E-state index in [1.165, 1.54) is 77.0 Å². The highest BCUT2D eigenvalue weighted by atomic mass is 16.6. The number of unbranched alkanes of at least 4 members (excludes halogenated alkanes) is 10. The minimum absolute atomic E-state index is 0.353. The summed E-state index contributed by atoms with van der Waals surface area (Å²) < 4.78 is 22.8. The van der Waals surface area contributed by atoms with Crippen molar-refractivity contribution in [2.75, 3.05) is 46.2 Å². The van der Waals surface area contributed by atoms with Gasteiger partial charge in [-0.2, -0.15) is 0 Å². The second kappa shape index (κ2) is 20.1. The highest BCUT2D eigenvalue weighted by Gasteiger charge is 2.22. The fourth-order valence-corrected chi connectivity index (χ4v) is 3.31. The van der Waals surface area contributed by atoms with Crippen LogP contribution in [0, 0.1) is 5.92 Å². The van der Waals surface area contributed by atoms with Crippen LogP contribution in [0.3, 0.4) is 0 Å². The predicted molar refractivity (Wildman–Crippen MR) is 117 cm³/mol. The first kappa shape index (κ1) is 25.9. The molecule has 1 heterocycles. The molecule has 28 heavy (non-hydrogen) atoms. The third kappa shape index (κ3) is 17.9. The minimum atomic E-state index is 0.353. The van der Waals surface area contributed by atoms with E-state index in [1.807, 2.05) is 0 Å². The molecule has 1 unspecified atom stereocenters. The summed E-state index contributed by atoms with van der Waals surface area (Å²) in [5.74, 6) is 0.445. The third-order valence-corrected chi connectivity index (χ3v) is 5.37. The van der Waals surface area contributed by atoms with Crippen LogP contribution in [0.1, 0.15) is 97.3 Å². The number of rotatable bonds is 23. The molecule has 4 nitrogen and oxygen atoms in total. The van der Waals surface area contributed by atoms with Crippen LogP contribution < -0.4 is 0 Å². The molecule has 1 rings (SSSR count). The van der Waals surface area contributed by atoms with Gasteiger partial charge in [0.1, 0.15) is 6.10 Å². The lowest BCUT2D eigenvalue weighted by atomic mass is 10.1. The van der Waals surface area contributed by atoms with Crippen molar-refractivity contribution >= 4 is 0 Å². The summed E-state index contributed by atoms with van der Waals surface area (Å²) in [6.45, 7) is 10.3. The topological polar surface area (TPSA) is 40.2 Å². The fraction of sp³-hybridized carbons (Fsp3) is 1.00. The van der Waals surface area contributed by atoms with Crippen molar-refractivity contribution in [1.29, 1.82) is 0 Å². The highest BCUT2D eigenvalue weighted by molar-refractivity contribution is 4.67. The SMILES string of the molecule is CCCCCCCCOCC(CCOCC1CO1)COCCCCCCCC. The zero-order valence-electron chi connectivity index (χ0n) is 18.9. The quantitative estimate of drug-likeness (QED) is 0.152. The largest absolute Gasteiger partial charge is 0.381 e. The van der Waals surface area contributed by atoms with Gasteiger partial charge < -0.3 is 18.9 Å². The number of ether oxygens (including phenoxy) is 4. The van der Waals surface area contributed by atoms with Crippen LogP contribution in [-0.2, 0) is 18.9 Å². The van der Waals surface area contributed by atoms with Gasteiger partial charge in [-0.15, -0.1) is 0 Å². The molecule has 0 amide bonds. The van der Waals surface area contributed by atoms with E-state index in [0.29, 0.717) is 12.0 Å². The van der Waals surface area contributed by atoms with Gasteiger partial charge in [-0.05, 0) is 19.3 Å². The molecule has 1 saturated heterocycles. The summed E-state index contributed by atoms with van der Waals surface area (Å²) in [5.41, 5.74) is 0. The van der Waals surface area contributed by atoms with Crippen LogP contribution in [0.25, 0.3) is 0 Å². The molecule has 0 aromatic rings. The van der Waals surface area contributed by atoms with Crippen molar-refractivity contribution in [3.05, 3.63) is 0 Å². The van der Waals surface area contributed by atoms with E-state index in [4.69, 9.17) is 18.9 Å². The Bertz CT molecular complexity index is 287. The average Bonchev–Trinajstić information content (AvgIpc) is 3.53. The monoisotopic (exact) mass is 400 g/mol. The van der Waals surface area contributed by atoms with E-state index in [0.717, 1.165) is 52.7 Å². The summed E-state index contributed by atoms with van der Waals surface area (Å²) in [5, 5.41) is 0. The summed E-state index contributed by atoms with van der Waals surface area (Å²) in [7, 11) is 0. The lowest BCUT2D eigenvalue weighted by Gasteiger charge is -2.17. The van der Waals surface area contributed by atoms with Gasteiger partial charge >= 0.3 is 0 Å². The van der Waals surface area contributed by atoms with Gasteiger partial charge in [0.25, 0.3) is 0 Å². The molecule has 1 fully saturated rings. The number of hydrogen-bond acceptors (Lipinski definition) is 4. The van der Waals surface area contributed by atoms with Crippen molar-refractivity contribution in [2.24, 2.45) is 5.92 Å². The average molecular weight is 401 g/mol. The molecule has 4 heteroatoms. The molecule has 0 N–H and O–H groups in total. The first-order chi connectivity index (χ1) is 13.9. The molecule has 1 aliphatic rings. The normalized spacial score (nSPS) is 16.2.